The van der Waals surface area contributed by atoms with Gasteiger partial charge in [0, 0.05) is 0 Å². The summed E-state index contributed by atoms with van der Waals surface area (Å²) in [6, 6.07) is 4.42. The van der Waals surface area contributed by atoms with Crippen LogP contribution in [0.25, 0.3) is 0 Å². The van der Waals surface area contributed by atoms with Gasteiger partial charge in [0.05, 0.1) is 18.8 Å². The predicted molar refractivity (Wildman–Crippen MR) is 75.8 cm³/mol. The molecule has 0 bridgehead atoms. The lowest BCUT2D eigenvalue weighted by atomic mass is 9.95. The molecule has 1 aliphatic rings. The second kappa shape index (κ2) is 5.85. The molecule has 0 radical (unpaired) electrons. The van der Waals surface area contributed by atoms with E-state index in [9.17, 15) is 0 Å². The van der Waals surface area contributed by atoms with Gasteiger partial charge in [0.15, 0.2) is 0 Å². The lowest BCUT2D eigenvalue weighted by molar-refractivity contribution is 0.0487. The van der Waals surface area contributed by atoms with Crippen molar-refractivity contribution in [3.8, 4) is 0 Å². The molecule has 1 fully saturated rings. The molecule has 0 amide bonds. The van der Waals surface area contributed by atoms with Gasteiger partial charge in [-0.05, 0) is 50.3 Å². The van der Waals surface area contributed by atoms with Crippen molar-refractivity contribution in [2.24, 2.45) is 5.73 Å². The van der Waals surface area contributed by atoms with Crippen molar-refractivity contribution in [3.05, 3.63) is 34.4 Å². The molecule has 1 aromatic carbocycles. The van der Waals surface area contributed by atoms with Gasteiger partial charge in [0.2, 0.25) is 0 Å². The monoisotopic (exact) mass is 247 g/mol. The van der Waals surface area contributed by atoms with Gasteiger partial charge in [0.1, 0.15) is 0 Å². The molecule has 0 aromatic heterocycles. The third-order valence-electron chi connectivity index (χ3n) is 3.92. The Morgan fingerprint density at radius 1 is 1.17 bits per heavy atom. The number of ether oxygens (including phenoxy) is 1. The van der Waals surface area contributed by atoms with E-state index in [1.54, 1.807) is 0 Å². The van der Waals surface area contributed by atoms with E-state index in [4.69, 9.17) is 10.5 Å². The standard InChI is InChI=1S/C16H25NO/c1-11-8-12(2)16(13(3)9-11)15(17)10-18-14-6-4-5-7-14/h8-9,14-15H,4-7,10,17H2,1-3H3. The average Bonchev–Trinajstić information content (AvgIpc) is 2.77. The molecule has 0 heterocycles. The molecule has 2 N–H and O–H groups in total. The van der Waals surface area contributed by atoms with Crippen molar-refractivity contribution in [3.63, 3.8) is 0 Å². The Morgan fingerprint density at radius 2 is 1.72 bits per heavy atom. The smallest absolute Gasteiger partial charge is 0.0663 e. The fraction of sp³-hybridized carbons (Fsp3) is 0.625. The Kier molecular flexibility index (Phi) is 4.41. The van der Waals surface area contributed by atoms with Crippen molar-refractivity contribution >= 4 is 0 Å². The van der Waals surface area contributed by atoms with Gasteiger partial charge >= 0.3 is 0 Å². The Bertz CT molecular complexity index is 385. The van der Waals surface area contributed by atoms with Crippen LogP contribution in [-0.4, -0.2) is 12.7 Å². The quantitative estimate of drug-likeness (QED) is 0.882. The fourth-order valence-corrected chi connectivity index (χ4v) is 3.15. The minimum atomic E-state index is 0.00574. The van der Waals surface area contributed by atoms with Gasteiger partial charge in [-0.1, -0.05) is 30.5 Å². The van der Waals surface area contributed by atoms with E-state index >= 15 is 0 Å². The number of benzene rings is 1. The molecule has 2 heteroatoms. The van der Waals surface area contributed by atoms with E-state index in [0.29, 0.717) is 12.7 Å². The predicted octanol–water partition coefficient (Wildman–Crippen LogP) is 3.57. The molecule has 1 unspecified atom stereocenters. The maximum Gasteiger partial charge on any atom is 0.0663 e. The molecular formula is C16H25NO. The normalized spacial score (nSPS) is 18.2. The summed E-state index contributed by atoms with van der Waals surface area (Å²) in [5, 5.41) is 0. The van der Waals surface area contributed by atoms with E-state index in [1.807, 2.05) is 0 Å². The zero-order chi connectivity index (χ0) is 13.1. The largest absolute Gasteiger partial charge is 0.376 e. The molecule has 2 rings (SSSR count). The van der Waals surface area contributed by atoms with Crippen LogP contribution in [0.3, 0.4) is 0 Å². The van der Waals surface area contributed by atoms with Gasteiger partial charge in [-0.15, -0.1) is 0 Å². The summed E-state index contributed by atoms with van der Waals surface area (Å²) in [5.74, 6) is 0. The average molecular weight is 247 g/mol. The second-order valence-electron chi connectivity index (χ2n) is 5.66. The maximum atomic E-state index is 6.30. The lowest BCUT2D eigenvalue weighted by Gasteiger charge is -2.20. The van der Waals surface area contributed by atoms with E-state index in [1.165, 1.54) is 47.9 Å². The molecular weight excluding hydrogens is 222 g/mol. The fourth-order valence-electron chi connectivity index (χ4n) is 3.15. The first-order chi connectivity index (χ1) is 8.58. The third-order valence-corrected chi connectivity index (χ3v) is 3.92. The molecule has 0 saturated heterocycles. The maximum absolute atomic E-state index is 6.30. The second-order valence-corrected chi connectivity index (χ2v) is 5.66. The first-order valence-electron chi connectivity index (χ1n) is 7.03. The molecule has 1 aliphatic carbocycles. The lowest BCUT2D eigenvalue weighted by Crippen LogP contribution is -2.22. The van der Waals surface area contributed by atoms with Crippen LogP contribution >= 0.6 is 0 Å². The number of aryl methyl sites for hydroxylation is 3. The summed E-state index contributed by atoms with van der Waals surface area (Å²) in [4.78, 5) is 0. The number of nitrogens with two attached hydrogens (primary N) is 1. The van der Waals surface area contributed by atoms with Crippen molar-refractivity contribution in [1.29, 1.82) is 0 Å². The zero-order valence-electron chi connectivity index (χ0n) is 11.8. The SMILES string of the molecule is Cc1cc(C)c(C(N)COC2CCCC2)c(C)c1. The van der Waals surface area contributed by atoms with Gasteiger partial charge in [-0.25, -0.2) is 0 Å². The highest BCUT2D eigenvalue weighted by Crippen LogP contribution is 2.25. The van der Waals surface area contributed by atoms with E-state index in [2.05, 4.69) is 32.9 Å². The van der Waals surface area contributed by atoms with Crippen LogP contribution in [0.5, 0.6) is 0 Å². The number of rotatable bonds is 4. The van der Waals surface area contributed by atoms with E-state index in [0.717, 1.165) is 0 Å². The van der Waals surface area contributed by atoms with Crippen LogP contribution in [-0.2, 0) is 4.74 Å². The van der Waals surface area contributed by atoms with Gasteiger partial charge < -0.3 is 10.5 Å². The zero-order valence-corrected chi connectivity index (χ0v) is 11.8. The summed E-state index contributed by atoms with van der Waals surface area (Å²) in [6.07, 6.45) is 5.48. The van der Waals surface area contributed by atoms with Crippen molar-refractivity contribution in [2.45, 2.75) is 58.6 Å². The summed E-state index contributed by atoms with van der Waals surface area (Å²) in [5.41, 5.74) is 11.4. The Balaban J connectivity index is 2.01. The minimum absolute atomic E-state index is 0.00574. The minimum Gasteiger partial charge on any atom is -0.376 e. The summed E-state index contributed by atoms with van der Waals surface area (Å²) >= 11 is 0. The Hall–Kier alpha value is -0.860. The summed E-state index contributed by atoms with van der Waals surface area (Å²) in [7, 11) is 0. The van der Waals surface area contributed by atoms with Crippen LogP contribution in [0.4, 0.5) is 0 Å². The van der Waals surface area contributed by atoms with Crippen LogP contribution in [0.15, 0.2) is 12.1 Å². The van der Waals surface area contributed by atoms with E-state index < -0.39 is 0 Å². The van der Waals surface area contributed by atoms with Gasteiger partial charge in [-0.2, -0.15) is 0 Å². The van der Waals surface area contributed by atoms with Gasteiger partial charge in [0.25, 0.3) is 0 Å². The highest BCUT2D eigenvalue weighted by molar-refractivity contribution is 5.39. The number of hydrogen-bond donors (Lipinski definition) is 1. The van der Waals surface area contributed by atoms with Crippen molar-refractivity contribution in [2.75, 3.05) is 6.61 Å². The molecule has 0 spiro atoms. The molecule has 100 valence electrons. The van der Waals surface area contributed by atoms with Crippen LogP contribution in [0.1, 0.15) is 54.0 Å². The topological polar surface area (TPSA) is 35.2 Å². The highest BCUT2D eigenvalue weighted by Gasteiger charge is 2.18. The van der Waals surface area contributed by atoms with Crippen LogP contribution < -0.4 is 5.73 Å². The van der Waals surface area contributed by atoms with Crippen molar-refractivity contribution in [1.82, 2.24) is 0 Å². The van der Waals surface area contributed by atoms with Crippen LogP contribution in [0, 0.1) is 20.8 Å². The van der Waals surface area contributed by atoms with Gasteiger partial charge in [-0.3, -0.25) is 0 Å². The Labute approximate surface area is 111 Å². The van der Waals surface area contributed by atoms with Crippen molar-refractivity contribution < 1.29 is 4.74 Å². The molecule has 0 aliphatic heterocycles. The Morgan fingerprint density at radius 3 is 2.28 bits per heavy atom. The first kappa shape index (κ1) is 13.6. The molecule has 1 saturated carbocycles. The summed E-state index contributed by atoms with van der Waals surface area (Å²) in [6.45, 7) is 7.06. The molecule has 2 nitrogen and oxygen atoms in total. The van der Waals surface area contributed by atoms with Crippen LogP contribution in [0.2, 0.25) is 0 Å². The highest BCUT2D eigenvalue weighted by atomic mass is 16.5. The summed E-state index contributed by atoms with van der Waals surface area (Å²) < 4.78 is 5.93. The van der Waals surface area contributed by atoms with E-state index in [-0.39, 0.29) is 6.04 Å². The number of hydrogen-bond acceptors (Lipinski definition) is 2. The first-order valence-corrected chi connectivity index (χ1v) is 7.03. The molecule has 1 atom stereocenters. The molecule has 18 heavy (non-hydrogen) atoms. The molecule has 1 aromatic rings. The third kappa shape index (κ3) is 3.12.